The fraction of sp³-hybridized carbons (Fsp3) is 0.400. The van der Waals surface area contributed by atoms with E-state index in [9.17, 15) is 14.0 Å². The van der Waals surface area contributed by atoms with Crippen LogP contribution in [-0.2, 0) is 9.59 Å². The van der Waals surface area contributed by atoms with Crippen LogP contribution in [0.2, 0.25) is 0 Å². The van der Waals surface area contributed by atoms with Crippen molar-refractivity contribution in [2.45, 2.75) is 24.2 Å². The van der Waals surface area contributed by atoms with Gasteiger partial charge in [0.2, 0.25) is 11.9 Å². The van der Waals surface area contributed by atoms with Gasteiger partial charge in [0.1, 0.15) is 6.17 Å². The summed E-state index contributed by atoms with van der Waals surface area (Å²) in [7, 11) is 0. The van der Waals surface area contributed by atoms with Crippen LogP contribution in [0.15, 0.2) is 16.9 Å². The summed E-state index contributed by atoms with van der Waals surface area (Å²) >= 11 is 1.38. The maximum absolute atomic E-state index is 13.6. The van der Waals surface area contributed by atoms with Gasteiger partial charge in [0.15, 0.2) is 10.8 Å². The molecule has 1 N–H and O–H groups in total. The number of aromatic nitrogens is 4. The third kappa shape index (κ3) is 2.86. The van der Waals surface area contributed by atoms with Gasteiger partial charge in [0.05, 0.1) is 19.2 Å². The lowest BCUT2D eigenvalue weighted by molar-refractivity contribution is -0.124. The van der Waals surface area contributed by atoms with Crippen molar-refractivity contribution in [3.63, 3.8) is 0 Å². The first kappa shape index (κ1) is 16.0. The van der Waals surface area contributed by atoms with Crippen LogP contribution in [0, 0.1) is 0 Å². The van der Waals surface area contributed by atoms with E-state index in [1.165, 1.54) is 11.8 Å². The predicted octanol–water partition coefficient (Wildman–Crippen LogP) is 0.824. The second-order valence-electron chi connectivity index (χ2n) is 5.90. The first-order valence-electron chi connectivity index (χ1n) is 7.78. The standard InChI is InChI=1S/C15H15FN6O2S/c1-25-14-19-12-9(4-8-5-11(23)18-13(8)24)6-17-22(12)15(20-14)21-3-2-10(16)7-21/h4,6,10H,2-3,5,7H2,1H3,(H,18,23,24). The van der Waals surface area contributed by atoms with Gasteiger partial charge in [0, 0.05) is 17.7 Å². The van der Waals surface area contributed by atoms with Crippen LogP contribution < -0.4 is 10.2 Å². The van der Waals surface area contributed by atoms with Crippen LogP contribution in [0.3, 0.4) is 0 Å². The number of carbonyl (C=O) groups excluding carboxylic acids is 2. The molecule has 2 saturated heterocycles. The summed E-state index contributed by atoms with van der Waals surface area (Å²) in [6, 6.07) is 0. The van der Waals surface area contributed by atoms with Crippen molar-refractivity contribution in [2.75, 3.05) is 24.2 Å². The first-order valence-corrected chi connectivity index (χ1v) is 9.01. The lowest BCUT2D eigenvalue weighted by atomic mass is 10.1. The van der Waals surface area contributed by atoms with E-state index in [4.69, 9.17) is 0 Å². The number of nitrogens with one attached hydrogen (secondary N) is 1. The van der Waals surface area contributed by atoms with Crippen molar-refractivity contribution in [3.05, 3.63) is 17.3 Å². The fourth-order valence-electron chi connectivity index (χ4n) is 2.97. The summed E-state index contributed by atoms with van der Waals surface area (Å²) < 4.78 is 15.1. The highest BCUT2D eigenvalue weighted by molar-refractivity contribution is 7.98. The van der Waals surface area contributed by atoms with Crippen LogP contribution in [0.1, 0.15) is 18.4 Å². The molecule has 2 aliphatic heterocycles. The van der Waals surface area contributed by atoms with Gasteiger partial charge in [-0.05, 0) is 18.8 Å². The van der Waals surface area contributed by atoms with E-state index in [1.807, 2.05) is 11.2 Å². The number of rotatable bonds is 3. The van der Waals surface area contributed by atoms with E-state index in [2.05, 4.69) is 20.4 Å². The minimum Gasteiger partial charge on any atom is -0.338 e. The highest BCUT2D eigenvalue weighted by Gasteiger charge is 2.27. The number of anilines is 1. The van der Waals surface area contributed by atoms with Gasteiger partial charge in [-0.15, -0.1) is 0 Å². The number of hydrogen-bond acceptors (Lipinski definition) is 7. The van der Waals surface area contributed by atoms with E-state index in [0.29, 0.717) is 40.9 Å². The number of nitrogens with zero attached hydrogens (tertiary/aromatic N) is 5. The lowest BCUT2D eigenvalue weighted by Gasteiger charge is -2.17. The number of thioether (sulfide) groups is 1. The van der Waals surface area contributed by atoms with Gasteiger partial charge in [-0.2, -0.15) is 14.6 Å². The molecule has 130 valence electrons. The third-order valence-corrected chi connectivity index (χ3v) is 4.73. The van der Waals surface area contributed by atoms with Crippen molar-refractivity contribution in [1.29, 1.82) is 0 Å². The summed E-state index contributed by atoms with van der Waals surface area (Å²) in [5.74, 6) is -0.187. The second-order valence-corrected chi connectivity index (χ2v) is 6.67. The van der Waals surface area contributed by atoms with Gasteiger partial charge in [0.25, 0.3) is 5.91 Å². The minimum atomic E-state index is -0.881. The smallest absolute Gasteiger partial charge is 0.254 e. The third-order valence-electron chi connectivity index (χ3n) is 4.18. The molecule has 0 bridgehead atoms. The molecule has 0 aliphatic carbocycles. The average Bonchev–Trinajstić information content (AvgIpc) is 3.27. The quantitative estimate of drug-likeness (QED) is 0.491. The molecule has 2 amide bonds. The number of halogens is 1. The van der Waals surface area contributed by atoms with Crippen LogP contribution in [-0.4, -0.2) is 56.9 Å². The van der Waals surface area contributed by atoms with Crippen LogP contribution in [0.4, 0.5) is 10.3 Å². The van der Waals surface area contributed by atoms with E-state index in [0.717, 1.165) is 0 Å². The predicted molar refractivity (Wildman–Crippen MR) is 90.0 cm³/mol. The molecular weight excluding hydrogens is 347 g/mol. The topological polar surface area (TPSA) is 92.5 Å². The summed E-state index contributed by atoms with van der Waals surface area (Å²) in [6.07, 6.45) is 4.66. The second kappa shape index (κ2) is 6.10. The number of hydrogen-bond donors (Lipinski definition) is 1. The zero-order chi connectivity index (χ0) is 17.6. The number of fused-ring (bicyclic) bond motifs is 1. The molecule has 25 heavy (non-hydrogen) atoms. The van der Waals surface area contributed by atoms with Gasteiger partial charge >= 0.3 is 0 Å². The van der Waals surface area contributed by atoms with Gasteiger partial charge in [-0.25, -0.2) is 9.37 Å². The summed E-state index contributed by atoms with van der Waals surface area (Å²) in [4.78, 5) is 33.9. The monoisotopic (exact) mass is 362 g/mol. The molecule has 4 rings (SSSR count). The molecule has 4 heterocycles. The van der Waals surface area contributed by atoms with Crippen LogP contribution >= 0.6 is 11.8 Å². The van der Waals surface area contributed by atoms with Crippen molar-refractivity contribution in [3.8, 4) is 0 Å². The molecule has 2 aromatic rings. The van der Waals surface area contributed by atoms with E-state index in [-0.39, 0.29) is 18.9 Å². The molecule has 1 unspecified atom stereocenters. The molecule has 0 spiro atoms. The number of carbonyl (C=O) groups is 2. The Morgan fingerprint density at radius 3 is 2.88 bits per heavy atom. The van der Waals surface area contributed by atoms with E-state index in [1.54, 1.807) is 16.8 Å². The summed E-state index contributed by atoms with van der Waals surface area (Å²) in [6.45, 7) is 0.835. The van der Waals surface area contributed by atoms with Crippen molar-refractivity contribution < 1.29 is 14.0 Å². The molecule has 2 aromatic heterocycles. The Morgan fingerprint density at radius 1 is 1.40 bits per heavy atom. The molecule has 10 heteroatoms. The van der Waals surface area contributed by atoms with Gasteiger partial charge in [-0.1, -0.05) is 11.8 Å². The van der Waals surface area contributed by atoms with Crippen LogP contribution in [0.25, 0.3) is 11.7 Å². The highest BCUT2D eigenvalue weighted by atomic mass is 32.2. The zero-order valence-electron chi connectivity index (χ0n) is 13.4. The fourth-order valence-corrected chi connectivity index (χ4v) is 3.32. The first-order chi connectivity index (χ1) is 12.0. The van der Waals surface area contributed by atoms with E-state index < -0.39 is 12.1 Å². The number of imide groups is 1. The maximum atomic E-state index is 13.6. The maximum Gasteiger partial charge on any atom is 0.254 e. The van der Waals surface area contributed by atoms with Crippen molar-refractivity contribution in [2.24, 2.45) is 0 Å². The van der Waals surface area contributed by atoms with E-state index >= 15 is 0 Å². The Bertz CT molecular complexity index is 911. The Hall–Kier alpha value is -2.49. The lowest BCUT2D eigenvalue weighted by Crippen LogP contribution is -2.24. The summed E-state index contributed by atoms with van der Waals surface area (Å²) in [5, 5.41) is 7.10. The van der Waals surface area contributed by atoms with Gasteiger partial charge in [-0.3, -0.25) is 14.9 Å². The molecule has 2 fully saturated rings. The average molecular weight is 362 g/mol. The molecule has 0 radical (unpaired) electrons. The molecule has 8 nitrogen and oxygen atoms in total. The van der Waals surface area contributed by atoms with Crippen molar-refractivity contribution in [1.82, 2.24) is 24.9 Å². The molecule has 2 aliphatic rings. The minimum absolute atomic E-state index is 0.0408. The Kier molecular flexibility index (Phi) is 3.91. The molecule has 0 aromatic carbocycles. The van der Waals surface area contributed by atoms with Crippen LogP contribution in [0.5, 0.6) is 0 Å². The summed E-state index contributed by atoms with van der Waals surface area (Å²) in [5.41, 5.74) is 1.52. The molecule has 1 atom stereocenters. The number of amides is 2. The Morgan fingerprint density at radius 2 is 2.24 bits per heavy atom. The van der Waals surface area contributed by atoms with Gasteiger partial charge < -0.3 is 4.90 Å². The Labute approximate surface area is 146 Å². The Balaban J connectivity index is 1.81. The number of alkyl halides is 1. The normalized spacial score (nSPS) is 22.4. The highest BCUT2D eigenvalue weighted by Crippen LogP contribution is 2.25. The molecular formula is C15H15FN6O2S. The zero-order valence-corrected chi connectivity index (χ0v) is 14.2. The molecule has 0 saturated carbocycles. The largest absolute Gasteiger partial charge is 0.338 e. The SMILES string of the molecule is CSc1nc(N2CCC(F)C2)n2ncc(C=C3CC(=O)NC3=O)c2n1. The van der Waals surface area contributed by atoms with Crippen molar-refractivity contribution >= 4 is 41.2 Å².